The van der Waals surface area contributed by atoms with E-state index in [0.29, 0.717) is 0 Å². The molecule has 0 bridgehead atoms. The number of para-hydroxylation sites is 1. The van der Waals surface area contributed by atoms with Gasteiger partial charge in [0.25, 0.3) is 0 Å². The summed E-state index contributed by atoms with van der Waals surface area (Å²) >= 11 is 0. The van der Waals surface area contributed by atoms with Gasteiger partial charge in [-0.2, -0.15) is 0 Å². The van der Waals surface area contributed by atoms with Crippen LogP contribution in [-0.2, 0) is 11.3 Å². The summed E-state index contributed by atoms with van der Waals surface area (Å²) in [6.07, 6.45) is 2.20. The number of hydrogen-bond acceptors (Lipinski definition) is 4. The lowest BCUT2D eigenvalue weighted by Gasteiger charge is -2.08. The normalized spacial score (nSPS) is 10.9. The summed E-state index contributed by atoms with van der Waals surface area (Å²) in [5.74, 6) is 0.824. The average molecular weight is 274 g/mol. The third kappa shape index (κ3) is 3.92. The predicted molar refractivity (Wildman–Crippen MR) is 81.1 cm³/mol. The van der Waals surface area contributed by atoms with E-state index in [4.69, 9.17) is 9.47 Å². The first kappa shape index (κ1) is 14.8. The number of methoxy groups -OCH3 is 2. The molecule has 1 heterocycles. The molecule has 20 heavy (non-hydrogen) atoms. The van der Waals surface area contributed by atoms with Crippen molar-refractivity contribution >= 4 is 10.9 Å². The van der Waals surface area contributed by atoms with Gasteiger partial charge in [-0.05, 0) is 31.5 Å². The molecule has 0 atom stereocenters. The quantitative estimate of drug-likeness (QED) is 0.752. The second-order valence-corrected chi connectivity index (χ2v) is 4.71. The molecule has 2 rings (SSSR count). The first-order valence-electron chi connectivity index (χ1n) is 6.97. The van der Waals surface area contributed by atoms with E-state index >= 15 is 0 Å². The van der Waals surface area contributed by atoms with Crippen LogP contribution >= 0.6 is 0 Å². The van der Waals surface area contributed by atoms with Crippen LogP contribution in [0.25, 0.3) is 10.9 Å². The number of fused-ring (bicyclic) bond motifs is 1. The molecule has 0 saturated carbocycles. The summed E-state index contributed by atoms with van der Waals surface area (Å²) in [7, 11) is 3.41. The van der Waals surface area contributed by atoms with Crippen LogP contribution in [0.15, 0.2) is 30.3 Å². The van der Waals surface area contributed by atoms with Gasteiger partial charge in [-0.3, -0.25) is 0 Å². The predicted octanol–water partition coefficient (Wildman–Crippen LogP) is 2.76. The van der Waals surface area contributed by atoms with E-state index in [-0.39, 0.29) is 0 Å². The third-order valence-electron chi connectivity index (χ3n) is 3.22. The Morgan fingerprint density at radius 1 is 1.10 bits per heavy atom. The monoisotopic (exact) mass is 274 g/mol. The van der Waals surface area contributed by atoms with Gasteiger partial charge in [0.1, 0.15) is 11.3 Å². The lowest BCUT2D eigenvalue weighted by Crippen LogP contribution is -2.16. The number of hydrogen-bond donors (Lipinski definition) is 1. The maximum atomic E-state index is 5.36. The maximum Gasteiger partial charge on any atom is 0.145 e. The van der Waals surface area contributed by atoms with Crippen LogP contribution in [0.2, 0.25) is 0 Å². The highest BCUT2D eigenvalue weighted by atomic mass is 16.5. The summed E-state index contributed by atoms with van der Waals surface area (Å²) < 4.78 is 10.4. The molecule has 0 spiro atoms. The average Bonchev–Trinajstić information content (AvgIpc) is 2.50. The molecule has 4 nitrogen and oxygen atoms in total. The Morgan fingerprint density at radius 3 is 2.80 bits per heavy atom. The van der Waals surface area contributed by atoms with Crippen molar-refractivity contribution in [1.29, 1.82) is 0 Å². The first-order valence-corrected chi connectivity index (χ1v) is 6.97. The van der Waals surface area contributed by atoms with Crippen LogP contribution in [0.4, 0.5) is 0 Å². The van der Waals surface area contributed by atoms with Crippen LogP contribution in [0.1, 0.15) is 18.5 Å². The maximum absolute atomic E-state index is 5.36. The van der Waals surface area contributed by atoms with E-state index in [1.54, 1.807) is 14.2 Å². The summed E-state index contributed by atoms with van der Waals surface area (Å²) in [5, 5.41) is 4.51. The van der Waals surface area contributed by atoms with Crippen molar-refractivity contribution in [3.63, 3.8) is 0 Å². The highest BCUT2D eigenvalue weighted by Crippen LogP contribution is 2.23. The topological polar surface area (TPSA) is 43.4 Å². The Bertz CT molecular complexity index is 543. The lowest BCUT2D eigenvalue weighted by molar-refractivity contribution is 0.192. The molecule has 4 heteroatoms. The molecule has 0 amide bonds. The molecule has 0 aliphatic carbocycles. The van der Waals surface area contributed by atoms with Crippen molar-refractivity contribution in [1.82, 2.24) is 10.3 Å². The van der Waals surface area contributed by atoms with E-state index in [0.717, 1.165) is 54.9 Å². The van der Waals surface area contributed by atoms with Gasteiger partial charge in [-0.25, -0.2) is 4.98 Å². The number of benzene rings is 1. The second-order valence-electron chi connectivity index (χ2n) is 4.71. The summed E-state index contributed by atoms with van der Waals surface area (Å²) in [5.41, 5.74) is 1.96. The number of ether oxygens (including phenoxy) is 2. The zero-order valence-electron chi connectivity index (χ0n) is 12.2. The van der Waals surface area contributed by atoms with Crippen molar-refractivity contribution in [3.05, 3.63) is 36.0 Å². The van der Waals surface area contributed by atoms with Gasteiger partial charge in [0.2, 0.25) is 0 Å². The van der Waals surface area contributed by atoms with Crippen LogP contribution in [-0.4, -0.2) is 32.4 Å². The van der Waals surface area contributed by atoms with Crippen LogP contribution in [0.3, 0.4) is 0 Å². The van der Waals surface area contributed by atoms with Crippen LogP contribution in [0, 0.1) is 0 Å². The molecule has 0 saturated heterocycles. The van der Waals surface area contributed by atoms with E-state index in [9.17, 15) is 0 Å². The summed E-state index contributed by atoms with van der Waals surface area (Å²) in [4.78, 5) is 4.67. The molecule has 108 valence electrons. The molecule has 0 radical (unpaired) electrons. The Hall–Kier alpha value is -1.65. The van der Waals surface area contributed by atoms with E-state index in [1.807, 2.05) is 18.2 Å². The number of aromatic nitrogens is 1. The Labute approximate surface area is 120 Å². The molecule has 1 aromatic heterocycles. The van der Waals surface area contributed by atoms with Crippen molar-refractivity contribution in [3.8, 4) is 5.75 Å². The SMILES string of the molecule is COCCCCNCc1ccc2cccc(OC)c2n1. The largest absolute Gasteiger partial charge is 0.494 e. The van der Waals surface area contributed by atoms with E-state index in [2.05, 4.69) is 22.4 Å². The minimum Gasteiger partial charge on any atom is -0.494 e. The van der Waals surface area contributed by atoms with E-state index < -0.39 is 0 Å². The molecule has 2 aromatic rings. The zero-order valence-corrected chi connectivity index (χ0v) is 12.2. The molecular weight excluding hydrogens is 252 g/mol. The molecule has 0 unspecified atom stereocenters. The molecule has 0 aliphatic rings. The Balaban J connectivity index is 1.94. The van der Waals surface area contributed by atoms with Crippen molar-refractivity contribution in [2.75, 3.05) is 27.4 Å². The fourth-order valence-corrected chi connectivity index (χ4v) is 2.14. The van der Waals surface area contributed by atoms with Crippen molar-refractivity contribution in [2.45, 2.75) is 19.4 Å². The number of unbranched alkanes of at least 4 members (excludes halogenated alkanes) is 1. The van der Waals surface area contributed by atoms with Crippen molar-refractivity contribution < 1.29 is 9.47 Å². The first-order chi connectivity index (χ1) is 9.85. The molecule has 0 aliphatic heterocycles. The lowest BCUT2D eigenvalue weighted by atomic mass is 10.2. The van der Waals surface area contributed by atoms with E-state index in [1.165, 1.54) is 0 Å². The Kier molecular flexibility index (Phi) is 5.77. The molecule has 1 N–H and O–H groups in total. The van der Waals surface area contributed by atoms with Crippen LogP contribution < -0.4 is 10.1 Å². The fraction of sp³-hybridized carbons (Fsp3) is 0.438. The van der Waals surface area contributed by atoms with Gasteiger partial charge >= 0.3 is 0 Å². The number of rotatable bonds is 8. The van der Waals surface area contributed by atoms with Gasteiger partial charge < -0.3 is 14.8 Å². The molecule has 1 aromatic carbocycles. The highest BCUT2D eigenvalue weighted by molar-refractivity contribution is 5.84. The zero-order chi connectivity index (χ0) is 14.2. The fourth-order valence-electron chi connectivity index (χ4n) is 2.14. The van der Waals surface area contributed by atoms with Gasteiger partial charge in [0.05, 0.1) is 12.8 Å². The van der Waals surface area contributed by atoms with Crippen LogP contribution in [0.5, 0.6) is 5.75 Å². The summed E-state index contributed by atoms with van der Waals surface area (Å²) in [6, 6.07) is 10.1. The third-order valence-corrected chi connectivity index (χ3v) is 3.22. The van der Waals surface area contributed by atoms with Gasteiger partial charge in [0, 0.05) is 25.6 Å². The van der Waals surface area contributed by atoms with Crippen molar-refractivity contribution in [2.24, 2.45) is 0 Å². The second kappa shape index (κ2) is 7.82. The minimum atomic E-state index is 0.779. The van der Waals surface area contributed by atoms with Gasteiger partial charge in [-0.15, -0.1) is 0 Å². The minimum absolute atomic E-state index is 0.779. The number of pyridine rings is 1. The smallest absolute Gasteiger partial charge is 0.145 e. The van der Waals surface area contributed by atoms with Gasteiger partial charge in [0.15, 0.2) is 0 Å². The summed E-state index contributed by atoms with van der Waals surface area (Å²) in [6.45, 7) is 2.59. The molecular formula is C16H22N2O2. The highest BCUT2D eigenvalue weighted by Gasteiger charge is 2.03. The number of nitrogens with zero attached hydrogens (tertiary/aromatic N) is 1. The Morgan fingerprint density at radius 2 is 2.00 bits per heavy atom. The molecule has 0 fully saturated rings. The standard InChI is InChI=1S/C16H22N2O2/c1-19-11-4-3-10-17-12-14-9-8-13-6-5-7-15(20-2)16(13)18-14/h5-9,17H,3-4,10-12H2,1-2H3. The number of nitrogens with one attached hydrogen (secondary N) is 1. The van der Waals surface area contributed by atoms with Gasteiger partial charge in [-0.1, -0.05) is 18.2 Å².